The largest absolute Gasteiger partial charge is 0.488 e. The van der Waals surface area contributed by atoms with Crippen molar-refractivity contribution in [1.82, 2.24) is 24.3 Å². The number of nitrogens with zero attached hydrogens (tertiary/aromatic N) is 4. The number of nitrogens with one attached hydrogen (secondary N) is 1. The zero-order valence-corrected chi connectivity index (χ0v) is 24.7. The van der Waals surface area contributed by atoms with Crippen LogP contribution >= 0.6 is 0 Å². The van der Waals surface area contributed by atoms with E-state index in [4.69, 9.17) is 9.26 Å². The molecule has 0 aliphatic heterocycles. The first-order valence-electron chi connectivity index (χ1n) is 14.6. The van der Waals surface area contributed by atoms with Gasteiger partial charge >= 0.3 is 5.76 Å². The summed E-state index contributed by atoms with van der Waals surface area (Å²) < 4.78 is 14.1. The van der Waals surface area contributed by atoms with Crippen molar-refractivity contribution >= 4 is 5.65 Å². The minimum atomic E-state index is -0.611. The van der Waals surface area contributed by atoms with Crippen LogP contribution < -0.4 is 16.1 Å². The molecule has 10 nitrogen and oxygen atoms in total. The SMILES string of the molecule is CCCc1c(Cc2ccc(-c3ccccc3-c3noc(=O)[nH]3)cc2)c(=O)n(-c2ccc(OC(C)C(C)O)cc2)c2ccnn12. The molecule has 224 valence electrons. The third-order valence-corrected chi connectivity index (χ3v) is 7.77. The normalized spacial score (nSPS) is 12.8. The molecule has 0 saturated carbocycles. The van der Waals surface area contributed by atoms with Gasteiger partial charge in [0, 0.05) is 23.6 Å². The summed E-state index contributed by atoms with van der Waals surface area (Å²) in [6.07, 6.45) is 2.73. The minimum Gasteiger partial charge on any atom is -0.488 e. The maximum Gasteiger partial charge on any atom is 0.439 e. The average Bonchev–Trinajstić information content (AvgIpc) is 3.69. The molecule has 2 unspecified atom stereocenters. The van der Waals surface area contributed by atoms with Crippen molar-refractivity contribution < 1.29 is 14.4 Å². The highest BCUT2D eigenvalue weighted by Gasteiger charge is 2.20. The molecule has 6 rings (SSSR count). The molecular formula is C34H33N5O5. The van der Waals surface area contributed by atoms with E-state index in [9.17, 15) is 14.7 Å². The molecule has 0 bridgehead atoms. The molecular weight excluding hydrogens is 558 g/mol. The molecule has 2 N–H and O–H groups in total. The topological polar surface area (TPSA) is 128 Å². The fourth-order valence-electron chi connectivity index (χ4n) is 5.37. The van der Waals surface area contributed by atoms with Gasteiger partial charge in [0.15, 0.2) is 5.82 Å². The van der Waals surface area contributed by atoms with Crippen molar-refractivity contribution in [2.45, 2.75) is 52.2 Å². The van der Waals surface area contributed by atoms with Gasteiger partial charge in [0.2, 0.25) is 0 Å². The second-order valence-electron chi connectivity index (χ2n) is 10.8. The molecule has 3 heterocycles. The number of aromatic nitrogens is 5. The number of aliphatic hydroxyl groups excluding tert-OH is 1. The number of aryl methyl sites for hydroxylation is 1. The summed E-state index contributed by atoms with van der Waals surface area (Å²) >= 11 is 0. The zero-order chi connectivity index (χ0) is 30.8. The highest BCUT2D eigenvalue weighted by Crippen LogP contribution is 2.30. The van der Waals surface area contributed by atoms with Crippen LogP contribution in [0.15, 0.2) is 99.2 Å². The Bertz CT molecular complexity index is 2020. The van der Waals surface area contributed by atoms with Gasteiger partial charge in [-0.2, -0.15) is 5.10 Å². The van der Waals surface area contributed by atoms with Gasteiger partial charge in [-0.25, -0.2) is 9.31 Å². The van der Waals surface area contributed by atoms with Crippen LogP contribution in [-0.2, 0) is 12.8 Å². The van der Waals surface area contributed by atoms with Crippen molar-refractivity contribution in [1.29, 1.82) is 0 Å². The molecule has 0 amide bonds. The number of aromatic amines is 1. The van der Waals surface area contributed by atoms with Gasteiger partial charge in [-0.1, -0.05) is 67.0 Å². The van der Waals surface area contributed by atoms with E-state index in [0.29, 0.717) is 41.3 Å². The van der Waals surface area contributed by atoms with Gasteiger partial charge in [0.05, 0.1) is 23.7 Å². The van der Waals surface area contributed by atoms with E-state index in [1.807, 2.05) is 78.2 Å². The summed E-state index contributed by atoms with van der Waals surface area (Å²) in [5.74, 6) is 0.367. The number of rotatable bonds is 10. The first-order valence-corrected chi connectivity index (χ1v) is 14.6. The van der Waals surface area contributed by atoms with Crippen molar-refractivity contribution in [3.05, 3.63) is 123 Å². The standard InChI is InChI=1S/C34H33N5O5/c1-4-7-30-29(20-23-10-12-24(13-11-23)27-8-5-6-9-28(27)32-36-34(42)44-37-32)33(41)38(31-18-19-35-39(30)31)25-14-16-26(17-15-25)43-22(3)21(2)40/h5-6,8-19,21-22,40H,4,7,20H2,1-3H3,(H,36,37,42). The summed E-state index contributed by atoms with van der Waals surface area (Å²) in [5, 5.41) is 18.3. The van der Waals surface area contributed by atoms with Crippen LogP contribution in [0, 0.1) is 0 Å². The molecule has 0 fully saturated rings. The third-order valence-electron chi connectivity index (χ3n) is 7.77. The lowest BCUT2D eigenvalue weighted by molar-refractivity contribution is 0.0604. The first kappa shape index (κ1) is 28.9. The minimum absolute atomic E-state index is 0.100. The first-order chi connectivity index (χ1) is 21.3. The number of aliphatic hydroxyl groups is 1. The van der Waals surface area contributed by atoms with Crippen LogP contribution in [0.2, 0.25) is 0 Å². The Balaban J connectivity index is 1.37. The molecule has 0 aliphatic carbocycles. The number of fused-ring (bicyclic) bond motifs is 1. The summed E-state index contributed by atoms with van der Waals surface area (Å²) in [5.41, 5.74) is 6.41. The van der Waals surface area contributed by atoms with Crippen LogP contribution in [0.1, 0.15) is 44.0 Å². The lowest BCUT2D eigenvalue weighted by Crippen LogP contribution is -2.28. The van der Waals surface area contributed by atoms with Gasteiger partial charge in [0.1, 0.15) is 17.5 Å². The molecule has 0 saturated heterocycles. The highest BCUT2D eigenvalue weighted by molar-refractivity contribution is 5.80. The predicted octanol–water partition coefficient (Wildman–Crippen LogP) is 5.19. The van der Waals surface area contributed by atoms with Crippen LogP contribution in [0.3, 0.4) is 0 Å². The number of hydrogen-bond donors (Lipinski definition) is 2. The highest BCUT2D eigenvalue weighted by atomic mass is 16.5. The van der Waals surface area contributed by atoms with Crippen LogP contribution in [0.25, 0.3) is 33.8 Å². The lowest BCUT2D eigenvalue weighted by Gasteiger charge is -2.19. The lowest BCUT2D eigenvalue weighted by atomic mass is 9.96. The second kappa shape index (κ2) is 12.2. The van der Waals surface area contributed by atoms with E-state index in [0.717, 1.165) is 34.4 Å². The number of benzene rings is 3. The maximum atomic E-state index is 14.2. The van der Waals surface area contributed by atoms with Gasteiger partial charge in [-0.3, -0.25) is 18.9 Å². The fourth-order valence-corrected chi connectivity index (χ4v) is 5.37. The Hall–Kier alpha value is -5.22. The van der Waals surface area contributed by atoms with E-state index in [2.05, 4.69) is 22.2 Å². The molecule has 3 aromatic heterocycles. The Morgan fingerprint density at radius 3 is 2.34 bits per heavy atom. The Labute approximate surface area is 253 Å². The van der Waals surface area contributed by atoms with Crippen molar-refractivity contribution in [3.63, 3.8) is 0 Å². The zero-order valence-electron chi connectivity index (χ0n) is 24.7. The summed E-state index contributed by atoms with van der Waals surface area (Å²) in [6, 6.07) is 24.8. The van der Waals surface area contributed by atoms with E-state index in [1.54, 1.807) is 29.8 Å². The summed E-state index contributed by atoms with van der Waals surface area (Å²) in [7, 11) is 0. The molecule has 44 heavy (non-hydrogen) atoms. The maximum absolute atomic E-state index is 14.2. The molecule has 6 aromatic rings. The van der Waals surface area contributed by atoms with Crippen LogP contribution in [-0.4, -0.2) is 41.6 Å². The van der Waals surface area contributed by atoms with Crippen molar-refractivity contribution in [3.8, 4) is 34.0 Å². The number of H-pyrrole nitrogens is 1. The van der Waals surface area contributed by atoms with Crippen LogP contribution in [0.5, 0.6) is 5.75 Å². The average molecular weight is 592 g/mol. The van der Waals surface area contributed by atoms with Crippen LogP contribution in [0.4, 0.5) is 0 Å². The monoisotopic (exact) mass is 591 g/mol. The Morgan fingerprint density at radius 2 is 1.68 bits per heavy atom. The predicted molar refractivity (Wildman–Crippen MR) is 167 cm³/mol. The van der Waals surface area contributed by atoms with E-state index in [-0.39, 0.29) is 11.7 Å². The van der Waals surface area contributed by atoms with Crippen molar-refractivity contribution in [2.24, 2.45) is 0 Å². The Kier molecular flexibility index (Phi) is 7.99. The summed E-state index contributed by atoms with van der Waals surface area (Å²) in [4.78, 5) is 28.4. The number of ether oxygens (including phenoxy) is 1. The smallest absolute Gasteiger partial charge is 0.439 e. The molecule has 0 spiro atoms. The quantitative estimate of drug-likeness (QED) is 0.225. The van der Waals surface area contributed by atoms with Gasteiger partial charge in [-0.05, 0) is 61.2 Å². The Morgan fingerprint density at radius 1 is 0.955 bits per heavy atom. The van der Waals surface area contributed by atoms with E-state index < -0.39 is 11.9 Å². The molecule has 0 radical (unpaired) electrons. The van der Waals surface area contributed by atoms with E-state index in [1.165, 1.54) is 0 Å². The number of hydrogen-bond acceptors (Lipinski definition) is 7. The van der Waals surface area contributed by atoms with E-state index >= 15 is 0 Å². The molecule has 10 heteroatoms. The third kappa shape index (κ3) is 5.59. The summed E-state index contributed by atoms with van der Waals surface area (Å²) in [6.45, 7) is 5.58. The molecule has 0 aliphatic rings. The van der Waals surface area contributed by atoms with Gasteiger partial charge in [0.25, 0.3) is 5.56 Å². The van der Waals surface area contributed by atoms with Gasteiger partial charge < -0.3 is 9.84 Å². The molecule has 2 atom stereocenters. The van der Waals surface area contributed by atoms with Crippen molar-refractivity contribution in [2.75, 3.05) is 0 Å². The second-order valence-corrected chi connectivity index (χ2v) is 10.8. The fraction of sp³-hybridized carbons (Fsp3) is 0.235. The van der Waals surface area contributed by atoms with Gasteiger partial charge in [-0.15, -0.1) is 0 Å². The molecule has 3 aromatic carbocycles.